The maximum atomic E-state index is 12.8. The second-order valence-corrected chi connectivity index (χ2v) is 5.46. The molecule has 2 aliphatic heterocycles. The average Bonchev–Trinajstić information content (AvgIpc) is 2.54. The lowest BCUT2D eigenvalue weighted by molar-refractivity contribution is -0.177. The number of hydrogen-bond acceptors (Lipinski definition) is 4. The van der Waals surface area contributed by atoms with Gasteiger partial charge in [-0.25, -0.2) is 0 Å². The van der Waals surface area contributed by atoms with Crippen LogP contribution in [-0.2, 0) is 4.74 Å². The lowest BCUT2D eigenvalue weighted by Gasteiger charge is -2.34. The van der Waals surface area contributed by atoms with E-state index >= 15 is 0 Å². The molecule has 0 bridgehead atoms. The highest BCUT2D eigenvalue weighted by Gasteiger charge is 2.41. The van der Waals surface area contributed by atoms with E-state index in [1.54, 1.807) is 0 Å². The summed E-state index contributed by atoms with van der Waals surface area (Å²) in [5.41, 5.74) is 0. The van der Waals surface area contributed by atoms with Crippen molar-refractivity contribution >= 4 is 0 Å². The van der Waals surface area contributed by atoms with Crippen LogP contribution in [0.25, 0.3) is 0 Å². The van der Waals surface area contributed by atoms with Gasteiger partial charge in [0, 0.05) is 45.8 Å². The van der Waals surface area contributed by atoms with E-state index in [-0.39, 0.29) is 19.2 Å². The Morgan fingerprint density at radius 1 is 1.26 bits per heavy atom. The SMILES string of the molecule is CN1CCOC(CN2CCNCC(C(F)(F)F)C2)C1. The third-order valence-electron chi connectivity index (χ3n) is 3.74. The molecule has 2 fully saturated rings. The van der Waals surface area contributed by atoms with E-state index < -0.39 is 12.1 Å². The van der Waals surface area contributed by atoms with Crippen LogP contribution in [0.1, 0.15) is 0 Å². The van der Waals surface area contributed by atoms with Gasteiger partial charge in [-0.05, 0) is 7.05 Å². The van der Waals surface area contributed by atoms with Crippen LogP contribution < -0.4 is 5.32 Å². The van der Waals surface area contributed by atoms with Crippen molar-refractivity contribution in [3.63, 3.8) is 0 Å². The second kappa shape index (κ2) is 6.39. The van der Waals surface area contributed by atoms with Gasteiger partial charge in [0.05, 0.1) is 18.6 Å². The maximum absolute atomic E-state index is 12.8. The Morgan fingerprint density at radius 2 is 2.05 bits per heavy atom. The zero-order chi connectivity index (χ0) is 13.9. The summed E-state index contributed by atoms with van der Waals surface area (Å²) in [6.07, 6.45) is -4.11. The fraction of sp³-hybridized carbons (Fsp3) is 1.00. The predicted octanol–water partition coefficient (Wildman–Crippen LogP) is 0.401. The van der Waals surface area contributed by atoms with Crippen LogP contribution in [0, 0.1) is 5.92 Å². The van der Waals surface area contributed by atoms with Crippen molar-refractivity contribution in [2.75, 3.05) is 59.5 Å². The number of likely N-dealkylation sites (N-methyl/N-ethyl adjacent to an activating group) is 1. The number of morpholine rings is 1. The minimum absolute atomic E-state index is 0.0192. The molecule has 112 valence electrons. The first-order valence-electron chi connectivity index (χ1n) is 6.75. The van der Waals surface area contributed by atoms with Crippen molar-refractivity contribution < 1.29 is 17.9 Å². The molecule has 0 aromatic rings. The highest BCUT2D eigenvalue weighted by atomic mass is 19.4. The van der Waals surface area contributed by atoms with Crippen molar-refractivity contribution in [1.29, 1.82) is 0 Å². The molecule has 2 atom stereocenters. The van der Waals surface area contributed by atoms with Gasteiger partial charge in [0.1, 0.15) is 0 Å². The Morgan fingerprint density at radius 3 is 2.74 bits per heavy atom. The molecule has 2 aliphatic rings. The topological polar surface area (TPSA) is 27.7 Å². The van der Waals surface area contributed by atoms with Crippen LogP contribution in [0.2, 0.25) is 0 Å². The highest BCUT2D eigenvalue weighted by Crippen LogP contribution is 2.27. The van der Waals surface area contributed by atoms with Gasteiger partial charge >= 0.3 is 6.18 Å². The van der Waals surface area contributed by atoms with Gasteiger partial charge in [0.25, 0.3) is 0 Å². The van der Waals surface area contributed by atoms with E-state index in [1.807, 2.05) is 11.9 Å². The summed E-state index contributed by atoms with van der Waals surface area (Å²) in [7, 11) is 2.01. The molecule has 2 rings (SSSR count). The number of nitrogens with one attached hydrogen (secondary N) is 1. The van der Waals surface area contributed by atoms with E-state index in [4.69, 9.17) is 4.74 Å². The summed E-state index contributed by atoms with van der Waals surface area (Å²) < 4.78 is 44.1. The molecule has 0 aliphatic carbocycles. The quantitative estimate of drug-likeness (QED) is 0.793. The van der Waals surface area contributed by atoms with Crippen LogP contribution in [0.4, 0.5) is 13.2 Å². The first kappa shape index (κ1) is 15.0. The Hall–Kier alpha value is -0.370. The minimum Gasteiger partial charge on any atom is -0.374 e. The summed E-state index contributed by atoms with van der Waals surface area (Å²) in [6, 6.07) is 0. The molecule has 0 saturated carbocycles. The molecule has 7 heteroatoms. The molecule has 4 nitrogen and oxygen atoms in total. The second-order valence-electron chi connectivity index (χ2n) is 5.46. The van der Waals surface area contributed by atoms with E-state index in [9.17, 15) is 13.2 Å². The van der Waals surface area contributed by atoms with Gasteiger partial charge in [-0.1, -0.05) is 0 Å². The minimum atomic E-state index is -4.13. The average molecular weight is 281 g/mol. The Bertz CT molecular complexity index is 288. The molecule has 0 radical (unpaired) electrons. The normalized spacial score (nSPS) is 32.2. The summed E-state index contributed by atoms with van der Waals surface area (Å²) >= 11 is 0. The zero-order valence-corrected chi connectivity index (χ0v) is 11.2. The van der Waals surface area contributed by atoms with E-state index in [0.29, 0.717) is 26.2 Å². The van der Waals surface area contributed by atoms with Gasteiger partial charge in [-0.3, -0.25) is 4.90 Å². The summed E-state index contributed by atoms with van der Waals surface area (Å²) in [6.45, 7) is 4.27. The van der Waals surface area contributed by atoms with Crippen LogP contribution in [0.3, 0.4) is 0 Å². The Labute approximate surface area is 111 Å². The third-order valence-corrected chi connectivity index (χ3v) is 3.74. The predicted molar refractivity (Wildman–Crippen MR) is 66.1 cm³/mol. The van der Waals surface area contributed by atoms with Crippen LogP contribution in [0.5, 0.6) is 0 Å². The lowest BCUT2D eigenvalue weighted by Crippen LogP contribution is -2.48. The standard InChI is InChI=1S/C12H22F3N3O/c1-17-4-5-19-11(8-17)9-18-3-2-16-6-10(7-18)12(13,14)15/h10-11,16H,2-9H2,1H3. The number of hydrogen-bond donors (Lipinski definition) is 1. The van der Waals surface area contributed by atoms with Gasteiger partial charge in [-0.15, -0.1) is 0 Å². The lowest BCUT2D eigenvalue weighted by atomic mass is 10.1. The van der Waals surface area contributed by atoms with Crippen molar-refractivity contribution in [1.82, 2.24) is 15.1 Å². The smallest absolute Gasteiger partial charge is 0.374 e. The van der Waals surface area contributed by atoms with Crippen molar-refractivity contribution in [3.05, 3.63) is 0 Å². The molecular weight excluding hydrogens is 259 g/mol. The van der Waals surface area contributed by atoms with E-state index in [0.717, 1.165) is 13.1 Å². The van der Waals surface area contributed by atoms with Crippen molar-refractivity contribution in [3.8, 4) is 0 Å². The summed E-state index contributed by atoms with van der Waals surface area (Å²) in [5, 5.41) is 2.87. The molecule has 19 heavy (non-hydrogen) atoms. The summed E-state index contributed by atoms with van der Waals surface area (Å²) in [5.74, 6) is -1.28. The van der Waals surface area contributed by atoms with Crippen LogP contribution >= 0.6 is 0 Å². The molecular formula is C12H22F3N3O. The maximum Gasteiger partial charge on any atom is 0.394 e. The Kier molecular flexibility index (Phi) is 5.05. The molecule has 0 amide bonds. The molecule has 0 aromatic heterocycles. The number of ether oxygens (including phenoxy) is 1. The molecule has 2 saturated heterocycles. The molecule has 2 heterocycles. The fourth-order valence-electron chi connectivity index (χ4n) is 2.63. The van der Waals surface area contributed by atoms with Crippen LogP contribution in [0.15, 0.2) is 0 Å². The molecule has 0 spiro atoms. The summed E-state index contributed by atoms with van der Waals surface area (Å²) in [4.78, 5) is 4.04. The first-order chi connectivity index (χ1) is 8.95. The zero-order valence-electron chi connectivity index (χ0n) is 11.2. The fourth-order valence-corrected chi connectivity index (χ4v) is 2.63. The van der Waals surface area contributed by atoms with Gasteiger partial charge < -0.3 is 15.0 Å². The van der Waals surface area contributed by atoms with E-state index in [1.165, 1.54) is 0 Å². The molecule has 0 aromatic carbocycles. The van der Waals surface area contributed by atoms with Gasteiger partial charge in [-0.2, -0.15) is 13.2 Å². The number of halogens is 3. The molecule has 1 N–H and O–H groups in total. The van der Waals surface area contributed by atoms with Gasteiger partial charge in [0.15, 0.2) is 0 Å². The number of alkyl halides is 3. The molecule has 2 unspecified atom stereocenters. The Balaban J connectivity index is 1.87. The number of nitrogens with zero attached hydrogens (tertiary/aromatic N) is 2. The first-order valence-corrected chi connectivity index (χ1v) is 6.75. The van der Waals surface area contributed by atoms with Crippen LogP contribution in [-0.4, -0.2) is 81.5 Å². The van der Waals surface area contributed by atoms with E-state index in [2.05, 4.69) is 10.2 Å². The largest absolute Gasteiger partial charge is 0.394 e. The monoisotopic (exact) mass is 281 g/mol. The van der Waals surface area contributed by atoms with Gasteiger partial charge in [0.2, 0.25) is 0 Å². The van der Waals surface area contributed by atoms with Crippen molar-refractivity contribution in [2.45, 2.75) is 12.3 Å². The highest BCUT2D eigenvalue weighted by molar-refractivity contribution is 4.81. The third kappa shape index (κ3) is 4.59. The van der Waals surface area contributed by atoms with Crippen molar-refractivity contribution in [2.24, 2.45) is 5.92 Å². The number of rotatable bonds is 2.